The van der Waals surface area contributed by atoms with Crippen molar-refractivity contribution in [2.75, 3.05) is 81.2 Å². The molecule has 526 valence electrons. The number of anilines is 5. The minimum absolute atomic E-state index is 0.0258. The number of aromatic nitrogens is 2. The lowest BCUT2D eigenvalue weighted by Gasteiger charge is -2.39. The highest BCUT2D eigenvalue weighted by atomic mass is 35.5. The van der Waals surface area contributed by atoms with E-state index >= 15 is 0 Å². The second kappa shape index (κ2) is 34.0. The molecule has 0 radical (unpaired) electrons. The van der Waals surface area contributed by atoms with Crippen LogP contribution in [0, 0.1) is 11.8 Å². The maximum absolute atomic E-state index is 14.0. The van der Waals surface area contributed by atoms with Crippen molar-refractivity contribution in [2.45, 2.75) is 88.5 Å². The number of benzene rings is 4. The number of carbonyl (C=O) groups is 13. The van der Waals surface area contributed by atoms with Crippen molar-refractivity contribution in [3.05, 3.63) is 148 Å². The summed E-state index contributed by atoms with van der Waals surface area (Å²) >= 11 is 6.40. The minimum atomic E-state index is -1.25. The third kappa shape index (κ3) is 19.7. The lowest BCUT2D eigenvalue weighted by atomic mass is 9.90. The van der Waals surface area contributed by atoms with E-state index in [0.29, 0.717) is 85.5 Å². The summed E-state index contributed by atoms with van der Waals surface area (Å²) in [4.78, 5) is 182. The fraction of sp³-hybridized carbons (Fsp3) is 0.348. The molecule has 0 bridgehead atoms. The number of para-hydroxylation sites is 1. The number of imide groups is 2. The predicted molar refractivity (Wildman–Crippen MR) is 363 cm³/mol. The van der Waals surface area contributed by atoms with Gasteiger partial charge in [0.05, 0.1) is 30.5 Å². The van der Waals surface area contributed by atoms with Crippen molar-refractivity contribution in [3.63, 3.8) is 0 Å². The molecule has 5 heterocycles. The van der Waals surface area contributed by atoms with Gasteiger partial charge in [0.15, 0.2) is 5.82 Å². The molecule has 31 nitrogen and oxygen atoms in total. The first-order valence-corrected chi connectivity index (χ1v) is 33.0. The highest BCUT2D eigenvalue weighted by Crippen LogP contribution is 2.31. The van der Waals surface area contributed by atoms with Crippen molar-refractivity contribution in [1.82, 2.24) is 61.5 Å². The summed E-state index contributed by atoms with van der Waals surface area (Å²) in [6, 6.07) is 25.3. The molecular weight excluding hydrogens is 1330 g/mol. The monoisotopic (exact) mass is 1400 g/mol. The number of ether oxygens (including phenoxy) is 2. The molecule has 1 aromatic heterocycles. The third-order valence-corrected chi connectivity index (χ3v) is 17.6. The highest BCUT2D eigenvalue weighted by molar-refractivity contribution is 6.33. The van der Waals surface area contributed by atoms with Crippen molar-refractivity contribution in [2.24, 2.45) is 5.73 Å². The zero-order chi connectivity index (χ0) is 71.5. The number of hydrogen-bond acceptors (Lipinski definition) is 20. The Labute approximate surface area is 584 Å². The first-order chi connectivity index (χ1) is 48.7. The van der Waals surface area contributed by atoms with Gasteiger partial charge in [0.25, 0.3) is 23.6 Å². The van der Waals surface area contributed by atoms with E-state index in [4.69, 9.17) is 26.8 Å². The van der Waals surface area contributed by atoms with E-state index in [-0.39, 0.29) is 104 Å². The average molecular weight is 1400 g/mol. The van der Waals surface area contributed by atoms with Crippen LogP contribution in [0.1, 0.15) is 88.8 Å². The average Bonchev–Trinajstić information content (AvgIpc) is 1.65. The third-order valence-electron chi connectivity index (χ3n) is 17.3. The Balaban J connectivity index is 0.695. The number of fused-ring (bicyclic) bond motifs is 1. The number of primary amides is 1. The number of amides is 13. The number of esters is 1. The molecule has 13 amide bonds. The van der Waals surface area contributed by atoms with E-state index in [1.807, 2.05) is 24.3 Å². The molecule has 3 fully saturated rings. The Morgan fingerprint density at radius 2 is 1.48 bits per heavy atom. The minimum Gasteiger partial charge on any atom is -0.426 e. The topological polar surface area (TPSA) is 405 Å². The summed E-state index contributed by atoms with van der Waals surface area (Å²) in [5.74, 6) is -0.172. The zero-order valence-electron chi connectivity index (χ0n) is 54.6. The van der Waals surface area contributed by atoms with E-state index in [1.54, 1.807) is 77.7 Å². The quantitative estimate of drug-likeness (QED) is 0.0166. The van der Waals surface area contributed by atoms with Gasteiger partial charge in [-0.3, -0.25) is 63.0 Å². The van der Waals surface area contributed by atoms with Gasteiger partial charge >= 0.3 is 18.1 Å². The maximum Gasteiger partial charge on any atom is 0.412 e. The number of nitrogens with zero attached hydrogens (tertiary/aromatic N) is 7. The Kier molecular flexibility index (Phi) is 24.2. The van der Waals surface area contributed by atoms with Gasteiger partial charge in [0.2, 0.25) is 48.2 Å². The van der Waals surface area contributed by atoms with Crippen molar-refractivity contribution < 1.29 is 71.8 Å². The molecule has 10 N–H and O–H groups in total. The smallest absolute Gasteiger partial charge is 0.412 e. The molecule has 4 aromatic carbocycles. The van der Waals surface area contributed by atoms with Crippen molar-refractivity contribution in [1.29, 1.82) is 0 Å². The largest absolute Gasteiger partial charge is 0.426 e. The zero-order valence-corrected chi connectivity index (χ0v) is 55.4. The summed E-state index contributed by atoms with van der Waals surface area (Å²) in [5.41, 5.74) is 10.2. The highest BCUT2D eigenvalue weighted by Gasteiger charge is 2.40. The van der Waals surface area contributed by atoms with Gasteiger partial charge in [0, 0.05) is 118 Å². The first kappa shape index (κ1) is 71.8. The predicted octanol–water partition coefficient (Wildman–Crippen LogP) is 2.39. The fourth-order valence-electron chi connectivity index (χ4n) is 12.0. The molecule has 101 heavy (non-hydrogen) atoms. The van der Waals surface area contributed by atoms with Gasteiger partial charge in [-0.15, -0.1) is 0 Å². The summed E-state index contributed by atoms with van der Waals surface area (Å²) < 4.78 is 10.7. The molecule has 5 aliphatic rings. The van der Waals surface area contributed by atoms with Gasteiger partial charge in [-0.25, -0.2) is 14.6 Å². The molecule has 1 aliphatic carbocycles. The van der Waals surface area contributed by atoms with Crippen LogP contribution in [0.15, 0.2) is 115 Å². The van der Waals surface area contributed by atoms with Gasteiger partial charge in [-0.05, 0) is 97.8 Å². The number of urea groups is 1. The number of nitrogens with one attached hydrogen (secondary N) is 8. The van der Waals surface area contributed by atoms with Crippen molar-refractivity contribution in [3.8, 4) is 11.8 Å². The number of rotatable bonds is 26. The number of halogens is 1. The Morgan fingerprint density at radius 3 is 2.21 bits per heavy atom. The molecule has 2 saturated heterocycles. The van der Waals surface area contributed by atoms with Crippen LogP contribution in [0.25, 0.3) is 0 Å². The standard InChI is InChI=1S/C69H73ClN16O15/c70-51-36-75-67(81-63(51)79-52-12-5-4-11-50(52)62(71)94)76-45-14-18-47(19-15-45)82-30-32-83(33-31-82)68(98)77-46-16-20-48(21-17-46)84(28-7-6-10-43-13-22-49-44(34-43)40-86(66(49)97)54-23-24-56(88)80-65(54)96)69(99)101-41-100-61(93)39-74-64(95)53(35-42-8-2-1-3-9-42)78-58(90)38-73-57(89)37-72-55(87)27-29-85-59(91)25-26-60(85)92/h1-5,8-9,11-15,18-19,22,25-26,34,36,46,48,53-54H,7,16-17,20-21,23-24,27-33,35,37-41H2,(H2,71,94)(H,72,87)(H,73,89)(H,74,95)(H,77,98)(H,78,90)(H,80,88,96)(H2,75,76,79,81)/t46?,48?,53-,54?/m1/s1. The molecule has 4 aliphatic heterocycles. The van der Waals surface area contributed by atoms with Crippen molar-refractivity contribution >= 4 is 118 Å². The Bertz CT molecular complexity index is 4100. The van der Waals surface area contributed by atoms with Crippen LogP contribution in [0.4, 0.5) is 38.4 Å². The molecule has 1 saturated carbocycles. The molecule has 0 spiro atoms. The summed E-state index contributed by atoms with van der Waals surface area (Å²) in [5, 5.41) is 21.6. The van der Waals surface area contributed by atoms with E-state index < -0.39 is 97.8 Å². The van der Waals surface area contributed by atoms with Crippen LogP contribution in [-0.4, -0.2) is 197 Å². The van der Waals surface area contributed by atoms with Gasteiger partial charge < -0.3 is 72.0 Å². The van der Waals surface area contributed by atoms with Crippen LogP contribution in [0.5, 0.6) is 0 Å². The number of hydrogen-bond donors (Lipinski definition) is 9. The van der Waals surface area contributed by atoms with Crippen LogP contribution < -0.4 is 53.2 Å². The second-order valence-corrected chi connectivity index (χ2v) is 24.5. The first-order valence-electron chi connectivity index (χ1n) is 32.6. The molecule has 1 unspecified atom stereocenters. The van der Waals surface area contributed by atoms with Gasteiger partial charge in [-0.1, -0.05) is 65.9 Å². The van der Waals surface area contributed by atoms with Crippen LogP contribution in [-0.2, 0) is 65.6 Å². The molecule has 32 heteroatoms. The summed E-state index contributed by atoms with van der Waals surface area (Å²) in [6.07, 6.45) is 4.95. The summed E-state index contributed by atoms with van der Waals surface area (Å²) in [6.45, 7) is -0.559. The molecule has 2 atom stereocenters. The molecule has 5 aromatic rings. The lowest BCUT2D eigenvalue weighted by Crippen LogP contribution is -2.54. The van der Waals surface area contributed by atoms with E-state index in [9.17, 15) is 62.3 Å². The number of piperazine rings is 1. The normalized spacial score (nSPS) is 17.3. The lowest BCUT2D eigenvalue weighted by molar-refractivity contribution is -0.152. The number of nitrogens with two attached hydrogens (primary N) is 1. The van der Waals surface area contributed by atoms with Gasteiger partial charge in [0.1, 0.15) is 23.7 Å². The molecular formula is C69H73ClN16O15. The van der Waals surface area contributed by atoms with Gasteiger partial charge in [-0.2, -0.15) is 4.98 Å². The van der Waals surface area contributed by atoms with E-state index in [1.165, 1.54) is 16.0 Å². The van der Waals surface area contributed by atoms with E-state index in [2.05, 4.69) is 69.2 Å². The summed E-state index contributed by atoms with van der Waals surface area (Å²) in [7, 11) is 0. The van der Waals surface area contributed by atoms with Crippen LogP contribution in [0.2, 0.25) is 5.02 Å². The Morgan fingerprint density at radius 1 is 0.762 bits per heavy atom. The Hall–Kier alpha value is -11.9. The maximum atomic E-state index is 14.0. The van der Waals surface area contributed by atoms with Crippen LogP contribution in [0.3, 0.4) is 0 Å². The number of piperidine rings is 1. The van der Waals surface area contributed by atoms with Crippen LogP contribution >= 0.6 is 11.6 Å². The second-order valence-electron chi connectivity index (χ2n) is 24.1. The number of carbonyl (C=O) groups excluding carboxylic acids is 13. The van der Waals surface area contributed by atoms with E-state index in [0.717, 1.165) is 22.7 Å². The SMILES string of the molecule is NC(=O)c1ccccc1Nc1nc(Nc2ccc(N3CCN(C(=O)NC4CCC(N(CCC#Cc5ccc6c(c5)CN(C5CCC(=O)NC5=O)C6=O)C(=O)OCOC(=O)CNC(=O)[C@@H](Cc5ccccc5)NC(=O)CNC(=O)CNC(=O)CCN5C(=O)C=CC5=O)CC4)CC3)cc2)ncc1Cl. The molecule has 10 rings (SSSR count). The fourth-order valence-corrected chi connectivity index (χ4v) is 12.1.